The van der Waals surface area contributed by atoms with Crippen LogP contribution in [0.5, 0.6) is 0 Å². The molecule has 4 aromatic rings. The van der Waals surface area contributed by atoms with E-state index in [1.54, 1.807) is 35.2 Å². The van der Waals surface area contributed by atoms with Crippen molar-refractivity contribution < 1.29 is 9.18 Å². The highest BCUT2D eigenvalue weighted by Gasteiger charge is 2.18. The number of aryl methyl sites for hydroxylation is 2. The average Bonchev–Trinajstić information content (AvgIpc) is 3.33. The fourth-order valence-electron chi connectivity index (χ4n) is 3.61. The van der Waals surface area contributed by atoms with Gasteiger partial charge in [0.2, 0.25) is 5.91 Å². The number of nitrogens with zero attached hydrogens (tertiary/aromatic N) is 4. The van der Waals surface area contributed by atoms with Gasteiger partial charge in [0, 0.05) is 43.1 Å². The second-order valence-corrected chi connectivity index (χ2v) is 7.42. The maximum absolute atomic E-state index is 13.4. The molecule has 0 saturated heterocycles. The Balaban J connectivity index is 1.61. The van der Waals surface area contributed by atoms with Crippen molar-refractivity contribution in [2.45, 2.75) is 39.3 Å². The third kappa shape index (κ3) is 4.55. The molecule has 0 aliphatic rings. The number of fused-ring (bicyclic) bond motifs is 1. The molecule has 1 atom stereocenters. The van der Waals surface area contributed by atoms with Crippen LogP contribution in [-0.2, 0) is 24.2 Å². The average molecular weight is 422 g/mol. The zero-order chi connectivity index (χ0) is 22.0. The van der Waals surface area contributed by atoms with E-state index in [2.05, 4.69) is 20.4 Å². The van der Waals surface area contributed by atoms with Gasteiger partial charge in [-0.15, -0.1) is 0 Å². The van der Waals surface area contributed by atoms with Crippen LogP contribution in [0.3, 0.4) is 0 Å². The minimum absolute atomic E-state index is 0.118. The van der Waals surface area contributed by atoms with Crippen LogP contribution in [0.25, 0.3) is 5.65 Å². The lowest BCUT2D eigenvalue weighted by molar-refractivity contribution is -0.122. The third-order valence-electron chi connectivity index (χ3n) is 5.08. The molecule has 4 rings (SSSR count). The first-order valence-electron chi connectivity index (χ1n) is 10.1. The van der Waals surface area contributed by atoms with Crippen LogP contribution in [0, 0.1) is 12.7 Å². The molecular weight excluding hydrogens is 399 g/mol. The van der Waals surface area contributed by atoms with Crippen molar-refractivity contribution in [3.05, 3.63) is 87.7 Å². The molecular formula is C22H23FN6O2. The number of H-pyrrole nitrogens is 1. The first-order chi connectivity index (χ1) is 14.9. The first-order valence-corrected chi connectivity index (χ1v) is 10.1. The predicted octanol–water partition coefficient (Wildman–Crippen LogP) is 2.33. The molecule has 0 fully saturated rings. The number of imidazole rings is 1. The van der Waals surface area contributed by atoms with E-state index in [0.29, 0.717) is 17.8 Å². The molecule has 31 heavy (non-hydrogen) atoms. The number of carbonyl (C=O) groups excluding carboxylic acids is 1. The summed E-state index contributed by atoms with van der Waals surface area (Å²) in [5.74, 6) is 0.245. The predicted molar refractivity (Wildman–Crippen MR) is 113 cm³/mol. The largest absolute Gasteiger partial charge is 0.347 e. The number of aromatic amines is 1. The molecule has 0 radical (unpaired) electrons. The van der Waals surface area contributed by atoms with Gasteiger partial charge >= 0.3 is 0 Å². The summed E-state index contributed by atoms with van der Waals surface area (Å²) >= 11 is 0. The summed E-state index contributed by atoms with van der Waals surface area (Å²) in [6, 6.07) is 8.69. The second kappa shape index (κ2) is 8.55. The van der Waals surface area contributed by atoms with Gasteiger partial charge in [0.05, 0.1) is 11.7 Å². The number of hydrogen-bond donors (Lipinski definition) is 2. The Morgan fingerprint density at radius 1 is 1.26 bits per heavy atom. The number of amides is 1. The van der Waals surface area contributed by atoms with E-state index in [0.717, 1.165) is 17.1 Å². The van der Waals surface area contributed by atoms with Gasteiger partial charge in [-0.05, 0) is 24.6 Å². The molecule has 8 nitrogen and oxygen atoms in total. The first kappa shape index (κ1) is 20.5. The van der Waals surface area contributed by atoms with Crippen LogP contribution in [0.1, 0.15) is 35.7 Å². The van der Waals surface area contributed by atoms with Gasteiger partial charge in [0.15, 0.2) is 5.65 Å². The molecule has 3 aromatic heterocycles. The van der Waals surface area contributed by atoms with Crippen LogP contribution >= 0.6 is 0 Å². The lowest BCUT2D eigenvalue weighted by atomic mass is 10.0. The summed E-state index contributed by atoms with van der Waals surface area (Å²) in [6.45, 7) is 3.93. The zero-order valence-electron chi connectivity index (χ0n) is 17.3. The monoisotopic (exact) mass is 422 g/mol. The number of nitrogens with one attached hydrogen (secondary N) is 2. The molecule has 9 heteroatoms. The molecule has 3 heterocycles. The fraction of sp³-hybridized carbons (Fsp3) is 0.273. The van der Waals surface area contributed by atoms with E-state index in [-0.39, 0.29) is 30.2 Å². The van der Waals surface area contributed by atoms with E-state index in [1.807, 2.05) is 13.8 Å². The number of hydrogen-bond acceptors (Lipinski definition) is 4. The summed E-state index contributed by atoms with van der Waals surface area (Å²) in [6.07, 6.45) is 4.43. The van der Waals surface area contributed by atoms with Crippen molar-refractivity contribution in [1.82, 2.24) is 29.5 Å². The molecule has 2 N–H and O–H groups in total. The van der Waals surface area contributed by atoms with Crippen molar-refractivity contribution >= 4 is 11.6 Å². The Bertz CT molecular complexity index is 1270. The van der Waals surface area contributed by atoms with Crippen molar-refractivity contribution in [2.24, 2.45) is 0 Å². The molecule has 0 bridgehead atoms. The Kier molecular flexibility index (Phi) is 5.66. The molecule has 1 unspecified atom stereocenters. The Labute approximate surface area is 177 Å². The highest BCUT2D eigenvalue weighted by molar-refractivity contribution is 5.76. The van der Waals surface area contributed by atoms with E-state index in [1.165, 1.54) is 22.7 Å². The van der Waals surface area contributed by atoms with E-state index in [4.69, 9.17) is 0 Å². The number of rotatable bonds is 7. The van der Waals surface area contributed by atoms with Crippen molar-refractivity contribution in [3.63, 3.8) is 0 Å². The highest BCUT2D eigenvalue weighted by atomic mass is 19.1. The molecule has 1 amide bonds. The SMILES string of the molecule is CCc1nccn1CC(=O)NC(Cc1cc(=O)n2[nH]c(C)cc2n1)c1ccc(F)cc1. The quantitative estimate of drug-likeness (QED) is 0.478. The van der Waals surface area contributed by atoms with Gasteiger partial charge in [-0.3, -0.25) is 14.7 Å². The Morgan fingerprint density at radius 3 is 2.77 bits per heavy atom. The Hall–Kier alpha value is -3.75. The van der Waals surface area contributed by atoms with Gasteiger partial charge < -0.3 is 9.88 Å². The van der Waals surface area contributed by atoms with Crippen molar-refractivity contribution in [2.75, 3.05) is 0 Å². The van der Waals surface area contributed by atoms with Crippen LogP contribution < -0.4 is 10.9 Å². The minimum Gasteiger partial charge on any atom is -0.347 e. The number of benzene rings is 1. The van der Waals surface area contributed by atoms with Gasteiger partial charge in [-0.2, -0.15) is 0 Å². The van der Waals surface area contributed by atoms with Crippen LogP contribution in [0.2, 0.25) is 0 Å². The maximum atomic E-state index is 13.4. The zero-order valence-corrected chi connectivity index (χ0v) is 17.3. The smallest absolute Gasteiger partial charge is 0.272 e. The van der Waals surface area contributed by atoms with Gasteiger partial charge in [0.25, 0.3) is 5.56 Å². The number of aromatic nitrogens is 5. The molecule has 0 spiro atoms. The summed E-state index contributed by atoms with van der Waals surface area (Å²) in [7, 11) is 0. The molecule has 0 aliphatic carbocycles. The lowest BCUT2D eigenvalue weighted by Gasteiger charge is -2.20. The highest BCUT2D eigenvalue weighted by Crippen LogP contribution is 2.19. The second-order valence-electron chi connectivity index (χ2n) is 7.42. The molecule has 160 valence electrons. The summed E-state index contributed by atoms with van der Waals surface area (Å²) in [5.41, 5.74) is 2.36. The van der Waals surface area contributed by atoms with Gasteiger partial charge in [0.1, 0.15) is 18.2 Å². The van der Waals surface area contributed by atoms with Crippen LogP contribution in [-0.4, -0.2) is 30.1 Å². The molecule has 1 aromatic carbocycles. The lowest BCUT2D eigenvalue weighted by Crippen LogP contribution is -2.33. The Morgan fingerprint density at radius 2 is 2.03 bits per heavy atom. The van der Waals surface area contributed by atoms with Crippen LogP contribution in [0.15, 0.2) is 53.6 Å². The molecule has 0 saturated carbocycles. The van der Waals surface area contributed by atoms with Gasteiger partial charge in [-0.25, -0.2) is 18.9 Å². The van der Waals surface area contributed by atoms with E-state index >= 15 is 0 Å². The summed E-state index contributed by atoms with van der Waals surface area (Å²) in [4.78, 5) is 34.0. The van der Waals surface area contributed by atoms with Crippen molar-refractivity contribution in [1.29, 1.82) is 0 Å². The minimum atomic E-state index is -0.476. The number of carbonyl (C=O) groups is 1. The van der Waals surface area contributed by atoms with Crippen molar-refractivity contribution in [3.8, 4) is 0 Å². The van der Waals surface area contributed by atoms with Gasteiger partial charge in [-0.1, -0.05) is 19.1 Å². The number of halogens is 1. The summed E-state index contributed by atoms with van der Waals surface area (Å²) in [5, 5.41) is 5.93. The maximum Gasteiger partial charge on any atom is 0.272 e. The standard InChI is InChI=1S/C22H23FN6O2/c1-3-19-24-8-9-28(19)13-21(30)26-18(15-4-6-16(23)7-5-15)11-17-12-22(31)29-20(25-17)10-14(2)27-29/h4-10,12,18,27H,3,11,13H2,1-2H3,(H,26,30). The fourth-order valence-corrected chi connectivity index (χ4v) is 3.61. The third-order valence-corrected chi connectivity index (χ3v) is 5.08. The van der Waals surface area contributed by atoms with E-state index in [9.17, 15) is 14.0 Å². The van der Waals surface area contributed by atoms with Crippen LogP contribution in [0.4, 0.5) is 4.39 Å². The van der Waals surface area contributed by atoms with E-state index < -0.39 is 6.04 Å². The topological polar surface area (TPSA) is 97.1 Å². The normalized spacial score (nSPS) is 12.2. The molecule has 0 aliphatic heterocycles. The summed E-state index contributed by atoms with van der Waals surface area (Å²) < 4.78 is 16.6.